The molecule has 3 rings (SSSR count). The summed E-state index contributed by atoms with van der Waals surface area (Å²) < 4.78 is 11.0. The number of fused-ring (bicyclic) bond motifs is 1. The Labute approximate surface area is 112 Å². The van der Waals surface area contributed by atoms with Gasteiger partial charge in [0.05, 0.1) is 12.0 Å². The number of carboxylic acid groups (broad SMARTS) is 1. The largest absolute Gasteiger partial charge is 0.493 e. The molecule has 1 atom stereocenters. The van der Waals surface area contributed by atoms with Gasteiger partial charge in [0.15, 0.2) is 0 Å². The molecule has 102 valence electrons. The van der Waals surface area contributed by atoms with Gasteiger partial charge in [-0.05, 0) is 25.3 Å². The van der Waals surface area contributed by atoms with Gasteiger partial charge in [0, 0.05) is 24.7 Å². The van der Waals surface area contributed by atoms with Gasteiger partial charge in [-0.1, -0.05) is 18.2 Å². The van der Waals surface area contributed by atoms with Gasteiger partial charge in [0.1, 0.15) is 5.75 Å². The lowest BCUT2D eigenvalue weighted by Crippen LogP contribution is -2.38. The van der Waals surface area contributed by atoms with Crippen molar-refractivity contribution in [1.82, 2.24) is 0 Å². The average molecular weight is 262 g/mol. The zero-order valence-electron chi connectivity index (χ0n) is 10.8. The second-order valence-corrected chi connectivity index (χ2v) is 5.45. The van der Waals surface area contributed by atoms with Gasteiger partial charge in [-0.25, -0.2) is 0 Å². The maximum atomic E-state index is 11.7. The maximum Gasteiger partial charge on any atom is 0.309 e. The summed E-state index contributed by atoms with van der Waals surface area (Å²) in [7, 11) is 0. The molecule has 0 spiro atoms. The van der Waals surface area contributed by atoms with Gasteiger partial charge < -0.3 is 14.6 Å². The van der Waals surface area contributed by atoms with Crippen molar-refractivity contribution in [2.45, 2.75) is 25.2 Å². The number of aliphatic carboxylic acids is 1. The fourth-order valence-electron chi connectivity index (χ4n) is 3.14. The third kappa shape index (κ3) is 2.21. The second-order valence-electron chi connectivity index (χ2n) is 5.45. The third-order valence-electron chi connectivity index (χ3n) is 4.34. The van der Waals surface area contributed by atoms with E-state index in [1.54, 1.807) is 0 Å². The van der Waals surface area contributed by atoms with E-state index in [1.165, 1.54) is 0 Å². The summed E-state index contributed by atoms with van der Waals surface area (Å²) in [6.45, 7) is 1.68. The van der Waals surface area contributed by atoms with Crippen LogP contribution in [-0.2, 0) is 9.53 Å². The summed E-state index contributed by atoms with van der Waals surface area (Å²) in [5, 5.41) is 9.60. The predicted molar refractivity (Wildman–Crippen MR) is 69.4 cm³/mol. The highest BCUT2D eigenvalue weighted by Gasteiger charge is 2.43. The number of ether oxygens (including phenoxy) is 2. The van der Waals surface area contributed by atoms with Crippen LogP contribution in [0.1, 0.15) is 30.7 Å². The predicted octanol–water partition coefficient (Wildman–Crippen LogP) is 2.43. The number of hydrogen-bond donors (Lipinski definition) is 1. The number of hydrogen-bond acceptors (Lipinski definition) is 3. The Morgan fingerprint density at radius 2 is 2.05 bits per heavy atom. The first-order valence-electron chi connectivity index (χ1n) is 6.74. The Bertz CT molecular complexity index is 477. The molecule has 0 aromatic heterocycles. The minimum absolute atomic E-state index is 0.186. The quantitative estimate of drug-likeness (QED) is 0.909. The van der Waals surface area contributed by atoms with E-state index in [0.29, 0.717) is 39.1 Å². The van der Waals surface area contributed by atoms with Crippen molar-refractivity contribution in [2.24, 2.45) is 5.41 Å². The second kappa shape index (κ2) is 4.85. The van der Waals surface area contributed by atoms with E-state index in [-0.39, 0.29) is 5.92 Å². The minimum Gasteiger partial charge on any atom is -0.493 e. The highest BCUT2D eigenvalue weighted by molar-refractivity contribution is 5.75. The first-order chi connectivity index (χ1) is 9.21. The smallest absolute Gasteiger partial charge is 0.309 e. The Hall–Kier alpha value is -1.55. The van der Waals surface area contributed by atoms with Crippen LogP contribution in [0.4, 0.5) is 0 Å². The lowest BCUT2D eigenvalue weighted by atomic mass is 9.72. The molecule has 0 radical (unpaired) electrons. The highest BCUT2D eigenvalue weighted by Crippen LogP contribution is 2.44. The average Bonchev–Trinajstić information content (AvgIpc) is 2.83. The van der Waals surface area contributed by atoms with Crippen LogP contribution in [0.25, 0.3) is 0 Å². The summed E-state index contributed by atoms with van der Waals surface area (Å²) in [5.74, 6) is 0.394. The summed E-state index contributed by atoms with van der Waals surface area (Å²) in [5.41, 5.74) is 0.499. The molecule has 4 heteroatoms. The van der Waals surface area contributed by atoms with Crippen LogP contribution in [0, 0.1) is 5.41 Å². The lowest BCUT2D eigenvalue weighted by Gasteiger charge is -2.34. The molecule has 1 unspecified atom stereocenters. The molecule has 0 saturated carbocycles. The van der Waals surface area contributed by atoms with E-state index in [9.17, 15) is 9.90 Å². The zero-order valence-corrected chi connectivity index (χ0v) is 10.8. The van der Waals surface area contributed by atoms with Gasteiger partial charge in [0.25, 0.3) is 0 Å². The van der Waals surface area contributed by atoms with E-state index in [4.69, 9.17) is 9.47 Å². The molecule has 0 aliphatic carbocycles. The molecule has 2 aliphatic heterocycles. The van der Waals surface area contributed by atoms with Crippen LogP contribution in [-0.4, -0.2) is 30.9 Å². The molecule has 0 amide bonds. The fraction of sp³-hybridized carbons (Fsp3) is 0.533. The highest BCUT2D eigenvalue weighted by atomic mass is 16.5. The van der Waals surface area contributed by atoms with E-state index in [2.05, 4.69) is 0 Å². The monoisotopic (exact) mass is 262 g/mol. The van der Waals surface area contributed by atoms with Crippen LogP contribution in [0.3, 0.4) is 0 Å². The maximum absolute atomic E-state index is 11.7. The summed E-state index contributed by atoms with van der Waals surface area (Å²) in [4.78, 5) is 11.7. The van der Waals surface area contributed by atoms with Crippen LogP contribution in [0.2, 0.25) is 0 Å². The normalized spacial score (nSPS) is 24.5. The van der Waals surface area contributed by atoms with Crippen molar-refractivity contribution >= 4 is 5.97 Å². The van der Waals surface area contributed by atoms with Gasteiger partial charge >= 0.3 is 5.97 Å². The molecule has 19 heavy (non-hydrogen) atoms. The number of carbonyl (C=O) groups is 1. The Morgan fingerprint density at radius 3 is 2.79 bits per heavy atom. The molecule has 0 bridgehead atoms. The SMILES string of the molecule is O=C(O)C1(CC2COc3ccccc32)CCOCC1. The Morgan fingerprint density at radius 1 is 1.32 bits per heavy atom. The summed E-state index contributed by atoms with van der Waals surface area (Å²) >= 11 is 0. The third-order valence-corrected chi connectivity index (χ3v) is 4.34. The Balaban J connectivity index is 1.82. The van der Waals surface area contributed by atoms with Crippen LogP contribution in [0.15, 0.2) is 24.3 Å². The number of para-hydroxylation sites is 1. The van der Waals surface area contributed by atoms with E-state index in [1.807, 2.05) is 24.3 Å². The molecule has 2 heterocycles. The number of carboxylic acids is 1. The van der Waals surface area contributed by atoms with Crippen molar-refractivity contribution in [3.63, 3.8) is 0 Å². The van der Waals surface area contributed by atoms with Gasteiger partial charge in [0.2, 0.25) is 0 Å². The topological polar surface area (TPSA) is 55.8 Å². The first kappa shape index (κ1) is 12.5. The molecule has 4 nitrogen and oxygen atoms in total. The van der Waals surface area contributed by atoms with E-state index >= 15 is 0 Å². The van der Waals surface area contributed by atoms with Crippen molar-refractivity contribution in [3.05, 3.63) is 29.8 Å². The molecule has 1 aromatic rings. The number of rotatable bonds is 3. The molecule has 1 N–H and O–H groups in total. The molecule has 2 aliphatic rings. The minimum atomic E-state index is -0.694. The molecular formula is C15H18O4. The van der Waals surface area contributed by atoms with Crippen molar-refractivity contribution in [2.75, 3.05) is 19.8 Å². The van der Waals surface area contributed by atoms with Crippen LogP contribution >= 0.6 is 0 Å². The van der Waals surface area contributed by atoms with Crippen LogP contribution < -0.4 is 4.74 Å². The standard InChI is InChI=1S/C15H18O4/c16-14(17)15(5-7-18-8-6-15)9-11-10-19-13-4-2-1-3-12(11)13/h1-4,11H,5-10H2,(H,16,17). The molecule has 1 fully saturated rings. The zero-order chi connectivity index (χ0) is 13.3. The lowest BCUT2D eigenvalue weighted by molar-refractivity contribution is -0.156. The van der Waals surface area contributed by atoms with Crippen molar-refractivity contribution < 1.29 is 19.4 Å². The van der Waals surface area contributed by atoms with E-state index < -0.39 is 11.4 Å². The summed E-state index contributed by atoms with van der Waals surface area (Å²) in [6.07, 6.45) is 1.84. The van der Waals surface area contributed by atoms with Crippen molar-refractivity contribution in [1.29, 1.82) is 0 Å². The molecule has 1 aromatic carbocycles. The summed E-state index contributed by atoms with van der Waals surface area (Å²) in [6, 6.07) is 7.93. The van der Waals surface area contributed by atoms with Crippen molar-refractivity contribution in [3.8, 4) is 5.75 Å². The van der Waals surface area contributed by atoms with E-state index in [0.717, 1.165) is 11.3 Å². The molecule has 1 saturated heterocycles. The number of benzene rings is 1. The van der Waals surface area contributed by atoms with Gasteiger partial charge in [-0.2, -0.15) is 0 Å². The Kier molecular flexibility index (Phi) is 3.19. The van der Waals surface area contributed by atoms with Gasteiger partial charge in [-0.15, -0.1) is 0 Å². The fourth-order valence-corrected chi connectivity index (χ4v) is 3.14. The molecular weight excluding hydrogens is 244 g/mol. The first-order valence-corrected chi connectivity index (χ1v) is 6.74. The van der Waals surface area contributed by atoms with Crippen LogP contribution in [0.5, 0.6) is 5.75 Å². The van der Waals surface area contributed by atoms with Gasteiger partial charge in [-0.3, -0.25) is 4.79 Å².